The molecule has 0 bridgehead atoms. The number of aryl methyl sites for hydroxylation is 2. The number of fused-ring (bicyclic) bond motifs is 1. The molecule has 0 saturated carbocycles. The summed E-state index contributed by atoms with van der Waals surface area (Å²) in [6.07, 6.45) is 4.97. The normalized spacial score (nSPS) is 12.6. The molecule has 1 atom stereocenters. The molecule has 5 heteroatoms. The molecule has 2 aromatic heterocycles. The zero-order valence-corrected chi connectivity index (χ0v) is 15.6. The van der Waals surface area contributed by atoms with Crippen molar-refractivity contribution < 1.29 is 4.79 Å². The van der Waals surface area contributed by atoms with Crippen LogP contribution in [0.5, 0.6) is 0 Å². The van der Waals surface area contributed by atoms with E-state index in [1.54, 1.807) is 29.3 Å². The smallest absolute Gasteiger partial charge is 0.246 e. The summed E-state index contributed by atoms with van der Waals surface area (Å²) in [6, 6.07) is 9.75. The Morgan fingerprint density at radius 2 is 2.04 bits per heavy atom. The van der Waals surface area contributed by atoms with Gasteiger partial charge in [0.2, 0.25) is 5.91 Å². The Morgan fingerprint density at radius 1 is 1.27 bits per heavy atom. The number of para-hydroxylation sites is 1. The van der Waals surface area contributed by atoms with Gasteiger partial charge in [0.15, 0.2) is 0 Å². The summed E-state index contributed by atoms with van der Waals surface area (Å²) < 4.78 is 0. The van der Waals surface area contributed by atoms with Crippen LogP contribution in [-0.4, -0.2) is 27.8 Å². The molecular formula is C21H24N4O. The second-order valence-corrected chi connectivity index (χ2v) is 6.64. The van der Waals surface area contributed by atoms with Crippen molar-refractivity contribution >= 4 is 28.7 Å². The summed E-state index contributed by atoms with van der Waals surface area (Å²) in [6.45, 7) is 6.19. The third-order valence-corrected chi connectivity index (χ3v) is 4.85. The van der Waals surface area contributed by atoms with Crippen molar-refractivity contribution in [3.05, 3.63) is 65.0 Å². The number of aromatic amines is 1. The summed E-state index contributed by atoms with van der Waals surface area (Å²) in [4.78, 5) is 21.9. The Balaban J connectivity index is 1.84. The van der Waals surface area contributed by atoms with Crippen LogP contribution in [0.1, 0.15) is 35.3 Å². The number of likely N-dealkylation sites (N-methyl/N-ethyl adjacent to an activating group) is 1. The van der Waals surface area contributed by atoms with E-state index in [2.05, 4.69) is 48.9 Å². The first kappa shape index (κ1) is 17.7. The molecule has 1 amide bonds. The molecule has 0 saturated heterocycles. The number of nitrogens with zero attached hydrogens (tertiary/aromatic N) is 2. The highest BCUT2D eigenvalue weighted by Crippen LogP contribution is 2.32. The van der Waals surface area contributed by atoms with Crippen LogP contribution in [0.25, 0.3) is 17.0 Å². The van der Waals surface area contributed by atoms with Crippen LogP contribution >= 0.6 is 0 Å². The number of benzene rings is 1. The van der Waals surface area contributed by atoms with Crippen molar-refractivity contribution in [3.8, 4) is 0 Å². The van der Waals surface area contributed by atoms with Gasteiger partial charge in [0, 0.05) is 41.5 Å². The highest BCUT2D eigenvalue weighted by atomic mass is 16.2. The Labute approximate surface area is 153 Å². The van der Waals surface area contributed by atoms with Crippen LogP contribution in [0.3, 0.4) is 0 Å². The minimum absolute atomic E-state index is 0.0488. The fourth-order valence-corrected chi connectivity index (χ4v) is 3.24. The van der Waals surface area contributed by atoms with Gasteiger partial charge in [-0.2, -0.15) is 0 Å². The van der Waals surface area contributed by atoms with E-state index < -0.39 is 0 Å². The van der Waals surface area contributed by atoms with Gasteiger partial charge in [0.05, 0.1) is 6.04 Å². The molecule has 0 aliphatic rings. The van der Waals surface area contributed by atoms with Crippen LogP contribution in [0.4, 0.5) is 5.82 Å². The lowest BCUT2D eigenvalue weighted by Crippen LogP contribution is -2.28. The van der Waals surface area contributed by atoms with Gasteiger partial charge in [-0.05, 0) is 50.1 Å². The van der Waals surface area contributed by atoms with Gasteiger partial charge in [-0.25, -0.2) is 4.98 Å². The van der Waals surface area contributed by atoms with Crippen molar-refractivity contribution in [2.24, 2.45) is 0 Å². The van der Waals surface area contributed by atoms with E-state index in [-0.39, 0.29) is 11.9 Å². The van der Waals surface area contributed by atoms with Gasteiger partial charge in [0.25, 0.3) is 0 Å². The SMILES string of the molecule is Cc1[nH]c2c(C)cccc2c1C(C)N(C)C(=O)/C=C/c1ccc(N)nc1. The summed E-state index contributed by atoms with van der Waals surface area (Å²) in [7, 11) is 1.83. The van der Waals surface area contributed by atoms with Crippen LogP contribution < -0.4 is 5.73 Å². The Hall–Kier alpha value is -3.08. The molecule has 3 rings (SSSR count). The van der Waals surface area contributed by atoms with E-state index in [0.29, 0.717) is 5.82 Å². The van der Waals surface area contributed by atoms with Gasteiger partial charge in [-0.15, -0.1) is 0 Å². The topological polar surface area (TPSA) is 75.0 Å². The van der Waals surface area contributed by atoms with Gasteiger partial charge in [-0.3, -0.25) is 4.79 Å². The third-order valence-electron chi connectivity index (χ3n) is 4.85. The van der Waals surface area contributed by atoms with Gasteiger partial charge in [-0.1, -0.05) is 18.2 Å². The third kappa shape index (κ3) is 3.33. The number of anilines is 1. The van der Waals surface area contributed by atoms with Gasteiger partial charge < -0.3 is 15.6 Å². The first-order valence-electron chi connectivity index (χ1n) is 8.62. The average molecular weight is 348 g/mol. The molecule has 26 heavy (non-hydrogen) atoms. The molecule has 0 spiro atoms. The molecule has 1 unspecified atom stereocenters. The number of nitrogen functional groups attached to an aromatic ring is 1. The minimum Gasteiger partial charge on any atom is -0.384 e. The Kier molecular flexibility index (Phi) is 4.80. The molecule has 0 aliphatic heterocycles. The van der Waals surface area contributed by atoms with E-state index in [0.717, 1.165) is 22.3 Å². The zero-order chi connectivity index (χ0) is 18.8. The molecule has 3 N–H and O–H groups in total. The van der Waals surface area contributed by atoms with Crippen LogP contribution in [0, 0.1) is 13.8 Å². The summed E-state index contributed by atoms with van der Waals surface area (Å²) >= 11 is 0. The van der Waals surface area contributed by atoms with Crippen molar-refractivity contribution in [2.75, 3.05) is 12.8 Å². The Morgan fingerprint density at radius 3 is 2.73 bits per heavy atom. The number of pyridine rings is 1. The average Bonchev–Trinajstić information content (AvgIpc) is 2.97. The predicted molar refractivity (Wildman–Crippen MR) is 107 cm³/mol. The molecule has 0 aliphatic carbocycles. The summed E-state index contributed by atoms with van der Waals surface area (Å²) in [5.41, 5.74) is 11.0. The number of H-pyrrole nitrogens is 1. The largest absolute Gasteiger partial charge is 0.384 e. The number of rotatable bonds is 4. The van der Waals surface area contributed by atoms with Crippen molar-refractivity contribution in [1.82, 2.24) is 14.9 Å². The minimum atomic E-state index is -0.0595. The highest BCUT2D eigenvalue weighted by molar-refractivity contribution is 5.93. The highest BCUT2D eigenvalue weighted by Gasteiger charge is 2.21. The fraction of sp³-hybridized carbons (Fsp3) is 0.238. The van der Waals surface area contributed by atoms with E-state index >= 15 is 0 Å². The first-order valence-corrected chi connectivity index (χ1v) is 8.62. The number of hydrogen-bond acceptors (Lipinski definition) is 3. The monoisotopic (exact) mass is 348 g/mol. The van der Waals surface area contributed by atoms with Crippen LogP contribution in [0.2, 0.25) is 0 Å². The Bertz CT molecular complexity index is 970. The number of nitrogens with one attached hydrogen (secondary N) is 1. The van der Waals surface area contributed by atoms with Crippen LogP contribution in [-0.2, 0) is 4.79 Å². The summed E-state index contributed by atoms with van der Waals surface area (Å²) in [5.74, 6) is 0.403. The lowest BCUT2D eigenvalue weighted by molar-refractivity contribution is -0.126. The second kappa shape index (κ2) is 7.04. The van der Waals surface area contributed by atoms with E-state index in [1.807, 2.05) is 13.1 Å². The van der Waals surface area contributed by atoms with Crippen molar-refractivity contribution in [1.29, 1.82) is 0 Å². The standard InChI is InChI=1S/C21H24N4O/c1-13-6-5-7-17-20(14(2)24-21(13)17)15(3)25(4)19(26)11-9-16-8-10-18(22)23-12-16/h5-12,15,24H,1-4H3,(H2,22,23)/b11-9+. The molecule has 2 heterocycles. The molecule has 5 nitrogen and oxygen atoms in total. The number of nitrogens with two attached hydrogens (primary N) is 1. The molecule has 134 valence electrons. The number of hydrogen-bond donors (Lipinski definition) is 2. The molecular weight excluding hydrogens is 324 g/mol. The molecule has 0 fully saturated rings. The predicted octanol–water partition coefficient (Wildman–Crippen LogP) is 3.99. The number of amides is 1. The zero-order valence-electron chi connectivity index (χ0n) is 15.6. The van der Waals surface area contributed by atoms with E-state index in [9.17, 15) is 4.79 Å². The number of carbonyl (C=O) groups is 1. The molecule has 1 aromatic carbocycles. The lowest BCUT2D eigenvalue weighted by Gasteiger charge is -2.24. The fourth-order valence-electron chi connectivity index (χ4n) is 3.24. The quantitative estimate of drug-likeness (QED) is 0.700. The number of aromatic nitrogens is 2. The van der Waals surface area contributed by atoms with Gasteiger partial charge >= 0.3 is 0 Å². The lowest BCUT2D eigenvalue weighted by atomic mass is 10.0. The van der Waals surface area contributed by atoms with Crippen molar-refractivity contribution in [2.45, 2.75) is 26.8 Å². The first-order chi connectivity index (χ1) is 12.4. The summed E-state index contributed by atoms with van der Waals surface area (Å²) in [5, 5.41) is 1.17. The van der Waals surface area contributed by atoms with Gasteiger partial charge in [0.1, 0.15) is 5.82 Å². The molecule has 3 aromatic rings. The maximum atomic E-state index is 12.6. The molecule has 0 radical (unpaired) electrons. The second-order valence-electron chi connectivity index (χ2n) is 6.64. The van der Waals surface area contributed by atoms with E-state index in [1.165, 1.54) is 10.9 Å². The van der Waals surface area contributed by atoms with Crippen LogP contribution in [0.15, 0.2) is 42.6 Å². The maximum Gasteiger partial charge on any atom is 0.246 e. The maximum absolute atomic E-state index is 12.6. The van der Waals surface area contributed by atoms with Crippen molar-refractivity contribution in [3.63, 3.8) is 0 Å². The number of carbonyl (C=O) groups excluding carboxylic acids is 1. The van der Waals surface area contributed by atoms with E-state index in [4.69, 9.17) is 5.73 Å².